The lowest BCUT2D eigenvalue weighted by atomic mass is 10.2. The fourth-order valence-electron chi connectivity index (χ4n) is 2.26. The van der Waals surface area contributed by atoms with Gasteiger partial charge in [0.25, 0.3) is 0 Å². The Labute approximate surface area is 106 Å². The normalized spacial score (nSPS) is 17.2. The average Bonchev–Trinajstić information content (AvgIpc) is 2.40. The van der Waals surface area contributed by atoms with E-state index in [-0.39, 0.29) is 5.82 Å². The van der Waals surface area contributed by atoms with Crippen LogP contribution in [0.1, 0.15) is 6.42 Å². The molecule has 2 rings (SSSR count). The zero-order valence-corrected chi connectivity index (χ0v) is 10.4. The highest BCUT2D eigenvalue weighted by molar-refractivity contribution is 5.48. The smallest absolute Gasteiger partial charge is 0.146 e. The van der Waals surface area contributed by atoms with Crippen molar-refractivity contribution in [3.8, 4) is 0 Å². The van der Waals surface area contributed by atoms with Gasteiger partial charge in [0.15, 0.2) is 0 Å². The van der Waals surface area contributed by atoms with Crippen molar-refractivity contribution in [2.24, 2.45) is 5.73 Å². The van der Waals surface area contributed by atoms with E-state index in [2.05, 4.69) is 4.90 Å². The second-order valence-corrected chi connectivity index (χ2v) is 4.57. The van der Waals surface area contributed by atoms with E-state index in [4.69, 9.17) is 5.73 Å². The molecule has 1 fully saturated rings. The molecule has 1 saturated heterocycles. The number of benzene rings is 1. The highest BCUT2D eigenvalue weighted by Crippen LogP contribution is 2.21. The number of hydrogen-bond donors (Lipinski definition) is 1. The predicted octanol–water partition coefficient (Wildman–Crippen LogP) is 1.44. The summed E-state index contributed by atoms with van der Waals surface area (Å²) in [5, 5.41) is 0. The first kappa shape index (κ1) is 13.2. The van der Waals surface area contributed by atoms with Crippen LogP contribution in [0.25, 0.3) is 0 Å². The molecule has 3 nitrogen and oxygen atoms in total. The van der Waals surface area contributed by atoms with E-state index < -0.39 is 5.82 Å². The van der Waals surface area contributed by atoms with Crippen molar-refractivity contribution in [2.75, 3.05) is 44.2 Å². The SMILES string of the molecule is NCCCN1CCN(c2cc(F)ccc2F)CC1. The third kappa shape index (κ3) is 3.17. The second kappa shape index (κ2) is 6.11. The molecule has 0 unspecified atom stereocenters. The fraction of sp³-hybridized carbons (Fsp3) is 0.538. The van der Waals surface area contributed by atoms with Crippen LogP contribution < -0.4 is 10.6 Å². The van der Waals surface area contributed by atoms with Crippen LogP contribution >= 0.6 is 0 Å². The van der Waals surface area contributed by atoms with Crippen molar-refractivity contribution in [1.82, 2.24) is 4.90 Å². The number of nitrogens with two attached hydrogens (primary N) is 1. The van der Waals surface area contributed by atoms with Gasteiger partial charge in [-0.25, -0.2) is 8.78 Å². The van der Waals surface area contributed by atoms with Gasteiger partial charge in [-0.3, -0.25) is 4.90 Å². The molecule has 100 valence electrons. The average molecular weight is 255 g/mol. The topological polar surface area (TPSA) is 32.5 Å². The van der Waals surface area contributed by atoms with Crippen LogP contribution in [0.5, 0.6) is 0 Å². The Balaban J connectivity index is 1.94. The van der Waals surface area contributed by atoms with Crippen molar-refractivity contribution in [1.29, 1.82) is 0 Å². The van der Waals surface area contributed by atoms with E-state index >= 15 is 0 Å². The minimum absolute atomic E-state index is 0.355. The fourth-order valence-corrected chi connectivity index (χ4v) is 2.26. The molecule has 0 atom stereocenters. The largest absolute Gasteiger partial charge is 0.367 e. The van der Waals surface area contributed by atoms with E-state index in [0.29, 0.717) is 12.2 Å². The minimum atomic E-state index is -0.392. The lowest BCUT2D eigenvalue weighted by Gasteiger charge is -2.36. The van der Waals surface area contributed by atoms with Crippen LogP contribution in [0.2, 0.25) is 0 Å². The zero-order valence-electron chi connectivity index (χ0n) is 10.4. The molecule has 1 aromatic rings. The van der Waals surface area contributed by atoms with Gasteiger partial charge in [0.05, 0.1) is 5.69 Å². The van der Waals surface area contributed by atoms with Gasteiger partial charge in [-0.1, -0.05) is 0 Å². The molecule has 0 aliphatic carbocycles. The Hall–Kier alpha value is -1.20. The first-order valence-electron chi connectivity index (χ1n) is 6.33. The quantitative estimate of drug-likeness (QED) is 0.883. The Morgan fingerprint density at radius 3 is 2.50 bits per heavy atom. The van der Waals surface area contributed by atoms with Crippen LogP contribution in [0.3, 0.4) is 0 Å². The molecule has 2 N–H and O–H groups in total. The molecule has 0 radical (unpaired) electrons. The molecule has 5 heteroatoms. The maximum atomic E-state index is 13.6. The molecule has 0 saturated carbocycles. The number of halogens is 2. The molecule has 1 aromatic carbocycles. The molecule has 1 heterocycles. The van der Waals surface area contributed by atoms with E-state index in [1.54, 1.807) is 0 Å². The van der Waals surface area contributed by atoms with Crippen molar-refractivity contribution in [3.63, 3.8) is 0 Å². The number of nitrogens with zero attached hydrogens (tertiary/aromatic N) is 2. The molecule has 0 spiro atoms. The van der Waals surface area contributed by atoms with E-state index in [1.165, 1.54) is 12.1 Å². The molecule has 0 bridgehead atoms. The Bertz CT molecular complexity index is 390. The first-order valence-corrected chi connectivity index (χ1v) is 6.33. The minimum Gasteiger partial charge on any atom is -0.367 e. The molecular formula is C13H19F2N3. The summed E-state index contributed by atoms with van der Waals surface area (Å²) in [7, 11) is 0. The highest BCUT2D eigenvalue weighted by Gasteiger charge is 2.19. The summed E-state index contributed by atoms with van der Waals surface area (Å²) in [5.41, 5.74) is 5.84. The van der Waals surface area contributed by atoms with E-state index in [9.17, 15) is 8.78 Å². The van der Waals surface area contributed by atoms with Crippen molar-refractivity contribution in [2.45, 2.75) is 6.42 Å². The van der Waals surface area contributed by atoms with Crippen LogP contribution in [-0.4, -0.2) is 44.2 Å². The predicted molar refractivity (Wildman–Crippen MR) is 68.7 cm³/mol. The Kier molecular flexibility index (Phi) is 4.49. The van der Waals surface area contributed by atoms with Crippen LogP contribution in [-0.2, 0) is 0 Å². The molecule has 18 heavy (non-hydrogen) atoms. The molecule has 0 amide bonds. The van der Waals surface area contributed by atoms with Gasteiger partial charge >= 0.3 is 0 Å². The first-order chi connectivity index (χ1) is 8.70. The third-order valence-corrected chi connectivity index (χ3v) is 3.30. The summed E-state index contributed by atoms with van der Waals surface area (Å²) in [4.78, 5) is 4.21. The molecule has 1 aliphatic rings. The van der Waals surface area contributed by atoms with Crippen molar-refractivity contribution >= 4 is 5.69 Å². The lowest BCUT2D eigenvalue weighted by molar-refractivity contribution is 0.255. The molecular weight excluding hydrogens is 236 g/mol. The summed E-state index contributed by atoms with van der Waals surface area (Å²) < 4.78 is 26.7. The van der Waals surface area contributed by atoms with Gasteiger partial charge < -0.3 is 10.6 Å². The second-order valence-electron chi connectivity index (χ2n) is 4.57. The van der Waals surface area contributed by atoms with Crippen molar-refractivity contribution in [3.05, 3.63) is 29.8 Å². The Morgan fingerprint density at radius 1 is 1.11 bits per heavy atom. The van der Waals surface area contributed by atoms with E-state index in [1.807, 2.05) is 4.90 Å². The molecule has 0 aromatic heterocycles. The van der Waals surface area contributed by atoms with Gasteiger partial charge in [-0.15, -0.1) is 0 Å². The summed E-state index contributed by atoms with van der Waals surface area (Å²) in [6.45, 7) is 4.87. The van der Waals surface area contributed by atoms with Gasteiger partial charge in [-0.2, -0.15) is 0 Å². The van der Waals surface area contributed by atoms with Gasteiger partial charge in [0, 0.05) is 32.2 Å². The highest BCUT2D eigenvalue weighted by atomic mass is 19.1. The van der Waals surface area contributed by atoms with E-state index in [0.717, 1.165) is 45.2 Å². The summed E-state index contributed by atoms with van der Waals surface area (Å²) in [6, 6.07) is 3.60. The van der Waals surface area contributed by atoms with Gasteiger partial charge in [0.1, 0.15) is 11.6 Å². The lowest BCUT2D eigenvalue weighted by Crippen LogP contribution is -2.47. The van der Waals surface area contributed by atoms with Crippen LogP contribution in [0.4, 0.5) is 14.5 Å². The molecule has 1 aliphatic heterocycles. The summed E-state index contributed by atoms with van der Waals surface area (Å²) in [5.74, 6) is -0.747. The monoisotopic (exact) mass is 255 g/mol. The summed E-state index contributed by atoms with van der Waals surface area (Å²) in [6.07, 6.45) is 0.980. The van der Waals surface area contributed by atoms with Gasteiger partial charge in [-0.05, 0) is 31.6 Å². The number of rotatable bonds is 4. The number of anilines is 1. The maximum absolute atomic E-state index is 13.6. The zero-order chi connectivity index (χ0) is 13.0. The summed E-state index contributed by atoms with van der Waals surface area (Å²) >= 11 is 0. The maximum Gasteiger partial charge on any atom is 0.146 e. The number of hydrogen-bond acceptors (Lipinski definition) is 3. The Morgan fingerprint density at radius 2 is 1.83 bits per heavy atom. The third-order valence-electron chi connectivity index (χ3n) is 3.30. The van der Waals surface area contributed by atoms with Crippen LogP contribution in [0.15, 0.2) is 18.2 Å². The van der Waals surface area contributed by atoms with Crippen LogP contribution in [0, 0.1) is 11.6 Å². The number of piperazine rings is 1. The van der Waals surface area contributed by atoms with Crippen molar-refractivity contribution < 1.29 is 8.78 Å². The van der Waals surface area contributed by atoms with Gasteiger partial charge in [0.2, 0.25) is 0 Å². The standard InChI is InChI=1S/C13H19F2N3/c14-11-2-3-12(15)13(10-11)18-8-6-17(7-9-18)5-1-4-16/h2-3,10H,1,4-9,16H2.